The van der Waals surface area contributed by atoms with E-state index in [-0.39, 0.29) is 12.0 Å². The van der Waals surface area contributed by atoms with Gasteiger partial charge >= 0.3 is 5.97 Å². The normalized spacial score (nSPS) is 23.3. The van der Waals surface area contributed by atoms with Crippen molar-refractivity contribution in [3.05, 3.63) is 23.8 Å². The first-order valence-corrected chi connectivity index (χ1v) is 6.21. The monoisotopic (exact) mass is 265 g/mol. The number of aliphatic carboxylic acids is 1. The number of hydrogen-bond donors (Lipinski definition) is 1. The highest BCUT2D eigenvalue weighted by Gasteiger charge is 2.35. The van der Waals surface area contributed by atoms with E-state index in [1.165, 1.54) is 0 Å². The Balaban J connectivity index is 2.28. The summed E-state index contributed by atoms with van der Waals surface area (Å²) in [6.45, 7) is 0.569. The minimum atomic E-state index is -0.732. The van der Waals surface area contributed by atoms with Gasteiger partial charge in [0.1, 0.15) is 11.5 Å². The molecule has 1 heterocycles. The molecule has 0 spiro atoms. The lowest BCUT2D eigenvalue weighted by Crippen LogP contribution is -2.20. The van der Waals surface area contributed by atoms with Crippen molar-refractivity contribution in [2.24, 2.45) is 5.92 Å². The summed E-state index contributed by atoms with van der Waals surface area (Å²) in [5.74, 6) is 0.402. The molecule has 1 aromatic rings. The van der Waals surface area contributed by atoms with Crippen LogP contribution >= 0.6 is 0 Å². The molecule has 1 aliphatic heterocycles. The Labute approximate surface area is 112 Å². The fourth-order valence-electron chi connectivity index (χ4n) is 2.59. The minimum Gasteiger partial charge on any atom is -0.497 e. The number of hydrogen-bond acceptors (Lipinski definition) is 4. The number of rotatable bonds is 4. The van der Waals surface area contributed by atoms with Gasteiger partial charge in [-0.2, -0.15) is 0 Å². The van der Waals surface area contributed by atoms with Gasteiger partial charge in [0.15, 0.2) is 0 Å². The second-order valence-corrected chi connectivity index (χ2v) is 4.87. The summed E-state index contributed by atoms with van der Waals surface area (Å²) in [5.41, 5.74) is 1.03. The van der Waals surface area contributed by atoms with E-state index < -0.39 is 5.97 Å². The fraction of sp³-hybridized carbons (Fsp3) is 0.500. The quantitative estimate of drug-likeness (QED) is 0.899. The Hall–Kier alpha value is -1.75. The van der Waals surface area contributed by atoms with Gasteiger partial charge in [0.25, 0.3) is 0 Å². The standard InChI is InChI=1S/C14H19NO4/c1-15-8-10(14(16)17)6-13(15)9-4-11(18-2)7-12(5-9)19-3/h4-5,7,10,13H,6,8H2,1-3H3,(H,16,17)/t10-,13+/m1/s1. The van der Waals surface area contributed by atoms with Crippen LogP contribution in [0.25, 0.3) is 0 Å². The Morgan fingerprint density at radius 3 is 2.26 bits per heavy atom. The van der Waals surface area contributed by atoms with Gasteiger partial charge in [-0.1, -0.05) is 0 Å². The summed E-state index contributed by atoms with van der Waals surface area (Å²) in [7, 11) is 5.16. The van der Waals surface area contributed by atoms with Crippen LogP contribution in [0.3, 0.4) is 0 Å². The molecule has 0 unspecified atom stereocenters. The number of methoxy groups -OCH3 is 2. The largest absolute Gasteiger partial charge is 0.497 e. The molecule has 1 fully saturated rings. The second-order valence-electron chi connectivity index (χ2n) is 4.87. The van der Waals surface area contributed by atoms with E-state index in [4.69, 9.17) is 14.6 Å². The lowest BCUT2D eigenvalue weighted by atomic mass is 9.99. The van der Waals surface area contributed by atoms with Crippen LogP contribution in [0.1, 0.15) is 18.0 Å². The van der Waals surface area contributed by atoms with Gasteiger partial charge in [0.05, 0.1) is 20.1 Å². The van der Waals surface area contributed by atoms with Gasteiger partial charge in [-0.05, 0) is 31.2 Å². The molecule has 1 N–H and O–H groups in total. The van der Waals surface area contributed by atoms with Crippen molar-refractivity contribution in [1.82, 2.24) is 4.90 Å². The zero-order valence-corrected chi connectivity index (χ0v) is 11.4. The molecule has 0 radical (unpaired) electrons. The van der Waals surface area contributed by atoms with E-state index in [2.05, 4.69) is 4.90 Å². The molecule has 2 atom stereocenters. The first-order valence-electron chi connectivity index (χ1n) is 6.21. The third-order valence-corrected chi connectivity index (χ3v) is 3.66. The molecule has 5 nitrogen and oxygen atoms in total. The summed E-state index contributed by atoms with van der Waals surface area (Å²) in [6, 6.07) is 5.78. The molecule has 1 aromatic carbocycles. The van der Waals surface area contributed by atoms with Crippen LogP contribution in [0.4, 0.5) is 0 Å². The molecule has 19 heavy (non-hydrogen) atoms. The molecule has 0 aromatic heterocycles. The van der Waals surface area contributed by atoms with Crippen molar-refractivity contribution in [2.45, 2.75) is 12.5 Å². The predicted octanol–water partition coefficient (Wildman–Crippen LogP) is 1.78. The van der Waals surface area contributed by atoms with Crippen LogP contribution in [0.2, 0.25) is 0 Å². The van der Waals surface area contributed by atoms with E-state index in [9.17, 15) is 4.79 Å². The van der Waals surface area contributed by atoms with E-state index >= 15 is 0 Å². The van der Waals surface area contributed by atoms with Crippen LogP contribution in [0.5, 0.6) is 11.5 Å². The average Bonchev–Trinajstić information content (AvgIpc) is 2.80. The number of carbonyl (C=O) groups is 1. The predicted molar refractivity (Wildman–Crippen MR) is 70.7 cm³/mol. The van der Waals surface area contributed by atoms with Crippen LogP contribution in [0.15, 0.2) is 18.2 Å². The molecule has 5 heteroatoms. The molecule has 0 bridgehead atoms. The molecular weight excluding hydrogens is 246 g/mol. The van der Waals surface area contributed by atoms with E-state index in [0.29, 0.717) is 13.0 Å². The van der Waals surface area contributed by atoms with Crippen LogP contribution in [-0.2, 0) is 4.79 Å². The van der Waals surface area contributed by atoms with E-state index in [1.807, 2.05) is 25.2 Å². The van der Waals surface area contributed by atoms with Gasteiger partial charge < -0.3 is 14.6 Å². The molecule has 1 aliphatic rings. The van der Waals surface area contributed by atoms with Crippen LogP contribution < -0.4 is 9.47 Å². The zero-order chi connectivity index (χ0) is 14.0. The van der Waals surface area contributed by atoms with Gasteiger partial charge in [-0.25, -0.2) is 0 Å². The topological polar surface area (TPSA) is 59.0 Å². The average molecular weight is 265 g/mol. The first kappa shape index (κ1) is 13.7. The minimum absolute atomic E-state index is 0.0881. The summed E-state index contributed by atoms with van der Waals surface area (Å²) in [6.07, 6.45) is 0.613. The number of carboxylic acid groups (broad SMARTS) is 1. The highest BCUT2D eigenvalue weighted by molar-refractivity contribution is 5.70. The van der Waals surface area contributed by atoms with Crippen molar-refractivity contribution in [3.8, 4) is 11.5 Å². The van der Waals surface area contributed by atoms with Crippen molar-refractivity contribution >= 4 is 5.97 Å². The molecule has 0 saturated carbocycles. The Morgan fingerprint density at radius 2 is 1.84 bits per heavy atom. The van der Waals surface area contributed by atoms with Crippen molar-refractivity contribution in [2.75, 3.05) is 27.8 Å². The molecule has 1 saturated heterocycles. The van der Waals surface area contributed by atoms with Crippen LogP contribution in [-0.4, -0.2) is 43.8 Å². The van der Waals surface area contributed by atoms with E-state index in [1.54, 1.807) is 14.2 Å². The third kappa shape index (κ3) is 2.81. The SMILES string of the molecule is COc1cc(OC)cc([C@@H]2C[C@@H](C(=O)O)CN2C)c1. The highest BCUT2D eigenvalue weighted by Crippen LogP contribution is 2.37. The van der Waals surface area contributed by atoms with Gasteiger partial charge in [-0.3, -0.25) is 9.69 Å². The highest BCUT2D eigenvalue weighted by atomic mass is 16.5. The maximum atomic E-state index is 11.1. The Kier molecular flexibility index (Phi) is 3.95. The number of benzene rings is 1. The lowest BCUT2D eigenvalue weighted by molar-refractivity contribution is -0.141. The number of likely N-dealkylation sites (tertiary alicyclic amines) is 1. The molecule has 0 aliphatic carbocycles. The summed E-state index contributed by atoms with van der Waals surface area (Å²) < 4.78 is 10.5. The lowest BCUT2D eigenvalue weighted by Gasteiger charge is -2.20. The number of ether oxygens (including phenoxy) is 2. The smallest absolute Gasteiger partial charge is 0.307 e. The first-order chi connectivity index (χ1) is 9.05. The third-order valence-electron chi connectivity index (χ3n) is 3.66. The number of nitrogens with zero attached hydrogens (tertiary/aromatic N) is 1. The summed E-state index contributed by atoms with van der Waals surface area (Å²) in [4.78, 5) is 13.2. The van der Waals surface area contributed by atoms with Gasteiger partial charge in [-0.15, -0.1) is 0 Å². The molecule has 0 amide bonds. The molecule has 2 rings (SSSR count). The fourth-order valence-corrected chi connectivity index (χ4v) is 2.59. The maximum Gasteiger partial charge on any atom is 0.307 e. The molecular formula is C14H19NO4. The van der Waals surface area contributed by atoms with Gasteiger partial charge in [0, 0.05) is 18.7 Å². The second kappa shape index (κ2) is 5.48. The van der Waals surface area contributed by atoms with Crippen molar-refractivity contribution in [3.63, 3.8) is 0 Å². The summed E-state index contributed by atoms with van der Waals surface area (Å²) in [5, 5.41) is 9.12. The summed E-state index contributed by atoms with van der Waals surface area (Å²) >= 11 is 0. The van der Waals surface area contributed by atoms with Crippen LogP contribution in [0, 0.1) is 5.92 Å². The zero-order valence-electron chi connectivity index (χ0n) is 11.4. The Morgan fingerprint density at radius 1 is 1.26 bits per heavy atom. The van der Waals surface area contributed by atoms with Crippen molar-refractivity contribution < 1.29 is 19.4 Å². The van der Waals surface area contributed by atoms with E-state index in [0.717, 1.165) is 17.1 Å². The van der Waals surface area contributed by atoms with Gasteiger partial charge in [0.2, 0.25) is 0 Å². The Bertz CT molecular complexity index is 452. The van der Waals surface area contributed by atoms with Crippen molar-refractivity contribution in [1.29, 1.82) is 0 Å². The maximum absolute atomic E-state index is 11.1. The number of carboxylic acids is 1. The molecule has 104 valence electrons.